The van der Waals surface area contributed by atoms with E-state index in [1.54, 1.807) is 24.3 Å². The van der Waals surface area contributed by atoms with Crippen LogP contribution in [0.25, 0.3) is 5.57 Å². The van der Waals surface area contributed by atoms with Crippen molar-refractivity contribution in [2.75, 3.05) is 11.5 Å². The first-order valence-corrected chi connectivity index (χ1v) is 8.46. The van der Waals surface area contributed by atoms with Crippen molar-refractivity contribution in [2.24, 2.45) is 0 Å². The number of anilines is 1. The van der Waals surface area contributed by atoms with Crippen molar-refractivity contribution in [1.82, 2.24) is 0 Å². The van der Waals surface area contributed by atoms with E-state index in [0.29, 0.717) is 22.8 Å². The molecule has 2 aromatic carbocycles. The predicted octanol–water partition coefficient (Wildman–Crippen LogP) is 4.51. The molecule has 1 aliphatic rings. The smallest absolute Gasteiger partial charge is 0.494 e. The standard InChI is InChI=1S/C19H13ClF3NO4/c1-2-27-13-8-6-11(7-9-13)15-16(20)18(26)24(17(15)25)12-4-3-5-14(10-12)28-19(21,22)23/h3-10H,2H2,1H3. The molecule has 3 rings (SSSR count). The Bertz CT molecular complexity index is 954. The molecule has 0 spiro atoms. The number of carbonyl (C=O) groups is 2. The summed E-state index contributed by atoms with van der Waals surface area (Å²) in [7, 11) is 0. The summed E-state index contributed by atoms with van der Waals surface area (Å²) in [6, 6.07) is 10.9. The summed E-state index contributed by atoms with van der Waals surface area (Å²) in [5, 5.41) is -0.323. The number of alkyl halides is 3. The quantitative estimate of drug-likeness (QED) is 0.679. The van der Waals surface area contributed by atoms with Crippen LogP contribution in [0, 0.1) is 0 Å². The maximum atomic E-state index is 12.8. The maximum Gasteiger partial charge on any atom is 0.573 e. The van der Waals surface area contributed by atoms with Gasteiger partial charge in [-0.15, -0.1) is 13.2 Å². The second kappa shape index (κ2) is 7.55. The average molecular weight is 412 g/mol. The molecule has 28 heavy (non-hydrogen) atoms. The van der Waals surface area contributed by atoms with Gasteiger partial charge in [-0.2, -0.15) is 0 Å². The first kappa shape index (κ1) is 19.8. The van der Waals surface area contributed by atoms with Gasteiger partial charge in [-0.25, -0.2) is 4.90 Å². The molecule has 0 saturated heterocycles. The summed E-state index contributed by atoms with van der Waals surface area (Å²) in [5.74, 6) is -1.56. The van der Waals surface area contributed by atoms with Crippen molar-refractivity contribution in [3.63, 3.8) is 0 Å². The van der Waals surface area contributed by atoms with E-state index in [2.05, 4.69) is 4.74 Å². The van der Waals surface area contributed by atoms with E-state index in [-0.39, 0.29) is 16.3 Å². The van der Waals surface area contributed by atoms with E-state index >= 15 is 0 Å². The summed E-state index contributed by atoms with van der Waals surface area (Å²) in [6.07, 6.45) is -4.90. The molecule has 9 heteroatoms. The van der Waals surface area contributed by atoms with Gasteiger partial charge in [0.05, 0.1) is 17.9 Å². The third-order valence-electron chi connectivity index (χ3n) is 3.79. The summed E-state index contributed by atoms with van der Waals surface area (Å²) >= 11 is 6.07. The van der Waals surface area contributed by atoms with Gasteiger partial charge < -0.3 is 9.47 Å². The highest BCUT2D eigenvalue weighted by Crippen LogP contribution is 2.36. The van der Waals surface area contributed by atoms with Crippen LogP contribution < -0.4 is 14.4 Å². The van der Waals surface area contributed by atoms with Crippen LogP contribution in [0.3, 0.4) is 0 Å². The van der Waals surface area contributed by atoms with Crippen molar-refractivity contribution < 1.29 is 32.2 Å². The van der Waals surface area contributed by atoms with Gasteiger partial charge >= 0.3 is 6.36 Å². The van der Waals surface area contributed by atoms with Crippen molar-refractivity contribution >= 4 is 34.7 Å². The molecule has 0 saturated carbocycles. The number of amides is 2. The van der Waals surface area contributed by atoms with Crippen LogP contribution in [-0.4, -0.2) is 24.8 Å². The molecule has 1 heterocycles. The van der Waals surface area contributed by atoms with Crippen LogP contribution in [-0.2, 0) is 9.59 Å². The molecular formula is C19H13ClF3NO4. The van der Waals surface area contributed by atoms with E-state index in [9.17, 15) is 22.8 Å². The minimum Gasteiger partial charge on any atom is -0.494 e. The van der Waals surface area contributed by atoms with Crippen LogP contribution in [0.4, 0.5) is 18.9 Å². The lowest BCUT2D eigenvalue weighted by atomic mass is 10.1. The highest BCUT2D eigenvalue weighted by atomic mass is 35.5. The van der Waals surface area contributed by atoms with Gasteiger partial charge in [0.1, 0.15) is 16.5 Å². The van der Waals surface area contributed by atoms with E-state index in [1.807, 2.05) is 6.92 Å². The van der Waals surface area contributed by atoms with Crippen molar-refractivity contribution in [1.29, 1.82) is 0 Å². The fourth-order valence-corrected chi connectivity index (χ4v) is 2.97. The second-order valence-electron chi connectivity index (χ2n) is 5.64. The van der Waals surface area contributed by atoms with Gasteiger partial charge in [0.15, 0.2) is 0 Å². The molecule has 2 amide bonds. The number of imide groups is 1. The third kappa shape index (κ3) is 3.96. The molecule has 0 radical (unpaired) electrons. The number of hydrogen-bond acceptors (Lipinski definition) is 4. The summed E-state index contributed by atoms with van der Waals surface area (Å²) in [5.41, 5.74) is 0.254. The predicted molar refractivity (Wildman–Crippen MR) is 96.0 cm³/mol. The molecule has 0 unspecified atom stereocenters. The third-order valence-corrected chi connectivity index (χ3v) is 4.14. The van der Waals surface area contributed by atoms with Gasteiger partial charge in [0, 0.05) is 6.07 Å². The first-order valence-electron chi connectivity index (χ1n) is 8.09. The molecule has 146 valence electrons. The number of nitrogens with zero attached hydrogens (tertiary/aromatic N) is 1. The number of hydrogen-bond donors (Lipinski definition) is 0. The lowest BCUT2D eigenvalue weighted by Gasteiger charge is -2.16. The first-order chi connectivity index (χ1) is 13.2. The highest BCUT2D eigenvalue weighted by Gasteiger charge is 2.39. The highest BCUT2D eigenvalue weighted by molar-refractivity contribution is 6.60. The van der Waals surface area contributed by atoms with Gasteiger partial charge in [0.2, 0.25) is 0 Å². The van der Waals surface area contributed by atoms with Crippen LogP contribution >= 0.6 is 11.6 Å². The number of benzene rings is 2. The summed E-state index contributed by atoms with van der Waals surface area (Å²) in [6.45, 7) is 2.28. The Kier molecular flexibility index (Phi) is 5.33. The minimum atomic E-state index is -4.90. The second-order valence-corrected chi connectivity index (χ2v) is 6.02. The van der Waals surface area contributed by atoms with E-state index < -0.39 is 23.9 Å². The zero-order valence-electron chi connectivity index (χ0n) is 14.4. The van der Waals surface area contributed by atoms with Gasteiger partial charge in [-0.3, -0.25) is 9.59 Å². The zero-order valence-corrected chi connectivity index (χ0v) is 15.2. The molecular weight excluding hydrogens is 399 g/mol. The van der Waals surface area contributed by atoms with Gasteiger partial charge in [-0.1, -0.05) is 29.8 Å². The lowest BCUT2D eigenvalue weighted by Crippen LogP contribution is -2.31. The zero-order chi connectivity index (χ0) is 20.5. The van der Waals surface area contributed by atoms with Crippen molar-refractivity contribution in [2.45, 2.75) is 13.3 Å². The number of halogens is 4. The fraction of sp³-hybridized carbons (Fsp3) is 0.158. The monoisotopic (exact) mass is 411 g/mol. The fourth-order valence-electron chi connectivity index (χ4n) is 2.69. The number of rotatable bonds is 5. The Labute approximate surface area is 162 Å². The van der Waals surface area contributed by atoms with E-state index in [1.165, 1.54) is 12.1 Å². The van der Waals surface area contributed by atoms with E-state index in [0.717, 1.165) is 12.1 Å². The Morgan fingerprint density at radius 3 is 2.29 bits per heavy atom. The number of carbonyl (C=O) groups excluding carboxylic acids is 2. The number of ether oxygens (including phenoxy) is 2. The largest absolute Gasteiger partial charge is 0.573 e. The normalized spacial score (nSPS) is 14.7. The summed E-state index contributed by atoms with van der Waals surface area (Å²) in [4.78, 5) is 26.0. The molecule has 0 atom stereocenters. The van der Waals surface area contributed by atoms with Crippen LogP contribution in [0.5, 0.6) is 11.5 Å². The van der Waals surface area contributed by atoms with Crippen molar-refractivity contribution in [3.8, 4) is 11.5 Å². The Balaban J connectivity index is 1.92. The average Bonchev–Trinajstić information content (AvgIpc) is 2.84. The Hall–Kier alpha value is -3.00. The Morgan fingerprint density at radius 1 is 1.00 bits per heavy atom. The molecule has 0 bridgehead atoms. The topological polar surface area (TPSA) is 55.8 Å². The lowest BCUT2D eigenvalue weighted by molar-refractivity contribution is -0.274. The molecule has 2 aromatic rings. The van der Waals surface area contributed by atoms with Crippen LogP contribution in [0.2, 0.25) is 0 Å². The molecule has 0 fully saturated rings. The molecule has 1 aliphatic heterocycles. The minimum absolute atomic E-state index is 0.0446. The van der Waals surface area contributed by atoms with Crippen LogP contribution in [0.1, 0.15) is 12.5 Å². The van der Waals surface area contributed by atoms with Crippen molar-refractivity contribution in [3.05, 3.63) is 59.1 Å². The SMILES string of the molecule is CCOc1ccc(C2=C(Cl)C(=O)N(c3cccc(OC(F)(F)F)c3)C2=O)cc1. The molecule has 0 aromatic heterocycles. The van der Waals surface area contributed by atoms with E-state index in [4.69, 9.17) is 16.3 Å². The maximum absolute atomic E-state index is 12.8. The van der Waals surface area contributed by atoms with Gasteiger partial charge in [0.25, 0.3) is 11.8 Å². The molecule has 5 nitrogen and oxygen atoms in total. The van der Waals surface area contributed by atoms with Crippen LogP contribution in [0.15, 0.2) is 53.6 Å². The summed E-state index contributed by atoms with van der Waals surface area (Å²) < 4.78 is 46.4. The molecule has 0 aliphatic carbocycles. The Morgan fingerprint density at radius 2 is 1.68 bits per heavy atom. The molecule has 0 N–H and O–H groups in total. The van der Waals surface area contributed by atoms with Gasteiger partial charge in [-0.05, 0) is 36.8 Å².